The molecule has 0 radical (unpaired) electrons. The molecular weight excluding hydrogens is 160 g/mol. The van der Waals surface area contributed by atoms with Gasteiger partial charge in [-0.05, 0) is 23.2 Å². The van der Waals surface area contributed by atoms with Gasteiger partial charge in [-0.25, -0.2) is 0 Å². The molecule has 0 aliphatic heterocycles. The van der Waals surface area contributed by atoms with Gasteiger partial charge < -0.3 is 5.11 Å². The highest BCUT2D eigenvalue weighted by atomic mass is 16.3. The molecule has 0 amide bonds. The molecule has 0 heterocycles. The molecule has 2 aromatic rings. The van der Waals surface area contributed by atoms with E-state index in [1.807, 2.05) is 30.3 Å². The predicted octanol–water partition coefficient (Wildman–Crippen LogP) is 3.06. The fourth-order valence-electron chi connectivity index (χ4n) is 1.17. The van der Waals surface area contributed by atoms with Crippen molar-refractivity contribution in [2.24, 2.45) is 0 Å². The van der Waals surface area contributed by atoms with Crippen molar-refractivity contribution in [1.82, 2.24) is 0 Å². The molecule has 1 nitrogen and oxygen atoms in total. The lowest BCUT2D eigenvalue weighted by molar-refractivity contribution is 0.475. The Morgan fingerprint density at radius 1 is 0.846 bits per heavy atom. The third-order valence-corrected chi connectivity index (χ3v) is 1.84. The Hall–Kier alpha value is -1.76. The van der Waals surface area contributed by atoms with Gasteiger partial charge in [0.15, 0.2) is 0 Å². The summed E-state index contributed by atoms with van der Waals surface area (Å²) in [6.45, 7) is 0. The van der Waals surface area contributed by atoms with Gasteiger partial charge in [-0.3, -0.25) is 0 Å². The van der Waals surface area contributed by atoms with Crippen LogP contribution in [0, 0.1) is 0 Å². The minimum atomic E-state index is -0.269. The first-order valence-corrected chi connectivity index (χ1v) is 4.04. The van der Waals surface area contributed by atoms with Crippen molar-refractivity contribution in [2.45, 2.75) is 0 Å². The summed E-state index contributed by atoms with van der Waals surface area (Å²) < 4.78 is 15.0. The molecule has 0 atom stereocenters. The van der Waals surface area contributed by atoms with Crippen LogP contribution in [0.15, 0.2) is 54.5 Å². The highest BCUT2D eigenvalue weighted by Crippen LogP contribution is 2.20. The summed E-state index contributed by atoms with van der Waals surface area (Å²) in [5, 5.41) is 9.30. The average Bonchev–Trinajstić information content (AvgIpc) is 2.26. The van der Waals surface area contributed by atoms with Gasteiger partial charge in [-0.1, -0.05) is 42.5 Å². The zero-order valence-electron chi connectivity index (χ0n) is 8.99. The molecule has 0 saturated heterocycles. The number of hydrogen-bond acceptors (Lipinski definition) is 1. The van der Waals surface area contributed by atoms with E-state index < -0.39 is 0 Å². The molecule has 1 heteroatoms. The van der Waals surface area contributed by atoms with Crippen LogP contribution < -0.4 is 0 Å². The summed E-state index contributed by atoms with van der Waals surface area (Å²) in [5.74, 6) is -0.269. The maximum absolute atomic E-state index is 9.30. The van der Waals surface area contributed by atoms with Crippen molar-refractivity contribution in [3.05, 3.63) is 54.5 Å². The maximum Gasteiger partial charge on any atom is 0.115 e. The smallest absolute Gasteiger partial charge is 0.115 e. The number of aromatic hydroxyl groups is 1. The molecule has 0 aromatic heterocycles. The van der Waals surface area contributed by atoms with Crippen LogP contribution >= 0.6 is 0 Å². The number of phenolic OH excluding ortho intramolecular Hbond substituents is 1. The van der Waals surface area contributed by atoms with Gasteiger partial charge in [0.1, 0.15) is 5.75 Å². The van der Waals surface area contributed by atoms with E-state index in [-0.39, 0.29) is 17.8 Å². The Labute approximate surface area is 80.1 Å². The van der Waals surface area contributed by atoms with Crippen molar-refractivity contribution in [2.75, 3.05) is 0 Å². The summed E-state index contributed by atoms with van der Waals surface area (Å²) in [6.07, 6.45) is 0. The normalized spacial score (nSPS) is 12.0. The minimum absolute atomic E-state index is 0.0126. The monoisotopic (exact) mass is 172 g/mol. The van der Waals surface area contributed by atoms with Crippen LogP contribution in [0.1, 0.15) is 2.74 Å². The van der Waals surface area contributed by atoms with E-state index in [2.05, 4.69) is 0 Å². The summed E-state index contributed by atoms with van der Waals surface area (Å²) in [7, 11) is 0. The Bertz CT molecular complexity index is 457. The second kappa shape index (κ2) is 3.31. The lowest BCUT2D eigenvalue weighted by atomic mass is 10.1. The van der Waals surface area contributed by atoms with Crippen molar-refractivity contribution < 1.29 is 7.85 Å². The molecule has 2 rings (SSSR count). The molecule has 0 unspecified atom stereocenters. The second-order valence-electron chi connectivity index (χ2n) is 2.75. The van der Waals surface area contributed by atoms with Crippen molar-refractivity contribution >= 4 is 0 Å². The van der Waals surface area contributed by atoms with Crippen LogP contribution in [0.25, 0.3) is 11.1 Å². The van der Waals surface area contributed by atoms with Crippen molar-refractivity contribution in [3.8, 4) is 16.9 Å². The Morgan fingerprint density at radius 2 is 1.38 bits per heavy atom. The fourth-order valence-corrected chi connectivity index (χ4v) is 1.17. The molecule has 1 N–H and O–H groups in total. The molecule has 0 saturated carbocycles. The van der Waals surface area contributed by atoms with E-state index in [4.69, 9.17) is 2.74 Å². The predicted molar refractivity (Wildman–Crippen MR) is 53.5 cm³/mol. The van der Waals surface area contributed by atoms with E-state index in [1.165, 1.54) is 0 Å². The topological polar surface area (TPSA) is 20.2 Å². The largest absolute Gasteiger partial charge is 0.508 e. The van der Waals surface area contributed by atoms with Gasteiger partial charge in [0, 0.05) is 0 Å². The first kappa shape index (κ1) is 5.81. The van der Waals surface area contributed by atoms with Gasteiger partial charge in [0.05, 0.1) is 2.74 Å². The number of phenols is 1. The first-order chi connectivity index (χ1) is 7.18. The van der Waals surface area contributed by atoms with Gasteiger partial charge in [-0.2, -0.15) is 0 Å². The molecular formula is C12H10O. The van der Waals surface area contributed by atoms with E-state index >= 15 is 0 Å². The lowest BCUT2D eigenvalue weighted by Crippen LogP contribution is -1.74. The average molecular weight is 172 g/mol. The van der Waals surface area contributed by atoms with Gasteiger partial charge in [0.25, 0.3) is 0 Å². The standard InChI is InChI=1S/C12H10O/c13-12-8-6-11(7-9-12)10-4-2-1-3-5-10/h1-9,13H/i8D,9D. The number of hydrogen-bond donors (Lipinski definition) is 1. The third-order valence-electron chi connectivity index (χ3n) is 1.84. The van der Waals surface area contributed by atoms with Crippen molar-refractivity contribution in [1.29, 1.82) is 0 Å². The Morgan fingerprint density at radius 3 is 2.00 bits per heavy atom. The molecule has 2 aromatic carbocycles. The first-order valence-electron chi connectivity index (χ1n) is 5.04. The maximum atomic E-state index is 9.30. The zero-order valence-corrected chi connectivity index (χ0v) is 6.99. The number of benzene rings is 2. The molecule has 0 fully saturated rings. The zero-order chi connectivity index (χ0) is 10.8. The minimum Gasteiger partial charge on any atom is -0.508 e. The Balaban J connectivity index is 2.56. The fraction of sp³-hybridized carbons (Fsp3) is 0. The molecule has 0 aliphatic carbocycles. The summed E-state index contributed by atoms with van der Waals surface area (Å²) >= 11 is 0. The molecule has 64 valence electrons. The SMILES string of the molecule is [2H]c1cc(-c2ccccc2)cc([2H])c1O. The van der Waals surface area contributed by atoms with E-state index in [1.54, 1.807) is 12.1 Å². The van der Waals surface area contributed by atoms with Crippen LogP contribution in [-0.2, 0) is 0 Å². The van der Waals surface area contributed by atoms with E-state index in [9.17, 15) is 5.11 Å². The summed E-state index contributed by atoms with van der Waals surface area (Å²) in [6, 6.07) is 12.6. The van der Waals surface area contributed by atoms with E-state index in [0.717, 1.165) is 11.1 Å². The van der Waals surface area contributed by atoms with Crippen LogP contribution in [0.4, 0.5) is 0 Å². The van der Waals surface area contributed by atoms with E-state index in [0.29, 0.717) is 0 Å². The molecule has 0 spiro atoms. The summed E-state index contributed by atoms with van der Waals surface area (Å²) in [4.78, 5) is 0. The van der Waals surface area contributed by atoms with Crippen LogP contribution in [0.5, 0.6) is 5.75 Å². The van der Waals surface area contributed by atoms with Gasteiger partial charge >= 0.3 is 0 Å². The van der Waals surface area contributed by atoms with Crippen LogP contribution in [0.3, 0.4) is 0 Å². The van der Waals surface area contributed by atoms with Crippen molar-refractivity contribution in [3.63, 3.8) is 0 Å². The highest BCUT2D eigenvalue weighted by molar-refractivity contribution is 5.63. The Kier molecular flexibility index (Phi) is 1.48. The summed E-state index contributed by atoms with van der Waals surface area (Å²) in [5.41, 5.74) is 1.72. The second-order valence-corrected chi connectivity index (χ2v) is 2.75. The lowest BCUT2D eigenvalue weighted by Gasteiger charge is -2.00. The molecule has 0 aliphatic rings. The quantitative estimate of drug-likeness (QED) is 0.700. The van der Waals surface area contributed by atoms with Gasteiger partial charge in [-0.15, -0.1) is 0 Å². The van der Waals surface area contributed by atoms with Crippen LogP contribution in [-0.4, -0.2) is 5.11 Å². The number of rotatable bonds is 1. The molecule has 0 bridgehead atoms. The third kappa shape index (κ3) is 1.70. The molecule has 13 heavy (non-hydrogen) atoms. The highest BCUT2D eigenvalue weighted by Gasteiger charge is 1.94. The van der Waals surface area contributed by atoms with Gasteiger partial charge in [0.2, 0.25) is 0 Å². The van der Waals surface area contributed by atoms with Crippen LogP contribution in [0.2, 0.25) is 0 Å².